The number of aliphatic hydroxyl groups excluding tert-OH is 1. The third kappa shape index (κ3) is 4.80. The van der Waals surface area contributed by atoms with Crippen molar-refractivity contribution in [3.8, 4) is 0 Å². The molecule has 0 aromatic carbocycles. The van der Waals surface area contributed by atoms with E-state index in [1.165, 1.54) is 38.2 Å². The van der Waals surface area contributed by atoms with Crippen LogP contribution in [0.4, 0.5) is 8.78 Å². The van der Waals surface area contributed by atoms with Gasteiger partial charge in [0.1, 0.15) is 5.71 Å². The number of fused-ring (bicyclic) bond motifs is 1. The van der Waals surface area contributed by atoms with Gasteiger partial charge in [-0.1, -0.05) is 37.5 Å². The quantitative estimate of drug-likeness (QED) is 0.558. The summed E-state index contributed by atoms with van der Waals surface area (Å²) < 4.78 is 28.1. The fourth-order valence-corrected chi connectivity index (χ4v) is 3.76. The summed E-state index contributed by atoms with van der Waals surface area (Å²) in [6.07, 6.45) is 17.0. The van der Waals surface area contributed by atoms with Crippen molar-refractivity contribution in [1.82, 2.24) is 9.78 Å². The summed E-state index contributed by atoms with van der Waals surface area (Å²) in [5.41, 5.74) is 2.24. The van der Waals surface area contributed by atoms with Gasteiger partial charge >= 0.3 is 0 Å². The van der Waals surface area contributed by atoms with Gasteiger partial charge < -0.3 is 5.11 Å². The largest absolute Gasteiger partial charge is 0.392 e. The van der Waals surface area contributed by atoms with Crippen LogP contribution >= 0.6 is 0 Å². The molecule has 0 saturated heterocycles. The van der Waals surface area contributed by atoms with E-state index in [-0.39, 0.29) is 12.5 Å². The van der Waals surface area contributed by atoms with Crippen LogP contribution in [0.5, 0.6) is 0 Å². The first-order valence-corrected chi connectivity index (χ1v) is 9.59. The summed E-state index contributed by atoms with van der Waals surface area (Å²) in [6, 6.07) is 0.467. The highest BCUT2D eigenvalue weighted by Gasteiger charge is 2.26. The Morgan fingerprint density at radius 1 is 1.33 bits per heavy atom. The second kappa shape index (κ2) is 8.30. The first kappa shape index (κ1) is 19.7. The standard InChI is InChI=1S/C21H27F2N3O/c1-21(22,23)20(24)10-6-5-7-15-11-16-13-26(18-8-3-2-4-9-18)25-19(16)12-17(15)14-27/h5-7,10,12-13,15,18,24,27H,2-4,8-9,11,14H2,1H3/b7-5+,10-6-,24-20?. The molecule has 4 nitrogen and oxygen atoms in total. The lowest BCUT2D eigenvalue weighted by Gasteiger charge is -2.21. The molecule has 2 aliphatic rings. The summed E-state index contributed by atoms with van der Waals surface area (Å²) in [5, 5.41) is 21.7. The zero-order valence-electron chi connectivity index (χ0n) is 15.7. The molecule has 2 aliphatic carbocycles. The monoisotopic (exact) mass is 375 g/mol. The molecule has 0 radical (unpaired) electrons. The van der Waals surface area contributed by atoms with Crippen LogP contribution in [0.25, 0.3) is 6.08 Å². The summed E-state index contributed by atoms with van der Waals surface area (Å²) in [4.78, 5) is 0. The zero-order chi connectivity index (χ0) is 19.4. The van der Waals surface area contributed by atoms with E-state index >= 15 is 0 Å². The van der Waals surface area contributed by atoms with E-state index in [1.54, 1.807) is 6.08 Å². The molecular formula is C21H27F2N3O. The van der Waals surface area contributed by atoms with Crippen LogP contribution < -0.4 is 0 Å². The number of allylic oxidation sites excluding steroid dienone is 4. The van der Waals surface area contributed by atoms with Crippen LogP contribution in [0, 0.1) is 11.3 Å². The van der Waals surface area contributed by atoms with Crippen LogP contribution in [0.15, 0.2) is 36.1 Å². The van der Waals surface area contributed by atoms with Gasteiger partial charge in [-0.25, -0.2) is 0 Å². The third-order valence-electron chi connectivity index (χ3n) is 5.40. The zero-order valence-corrected chi connectivity index (χ0v) is 15.7. The van der Waals surface area contributed by atoms with Gasteiger partial charge in [0.25, 0.3) is 5.92 Å². The molecule has 2 N–H and O–H groups in total. The van der Waals surface area contributed by atoms with Crippen molar-refractivity contribution in [1.29, 1.82) is 5.41 Å². The molecule has 0 aliphatic heterocycles. The summed E-state index contributed by atoms with van der Waals surface area (Å²) in [7, 11) is 0. The van der Waals surface area contributed by atoms with Gasteiger partial charge in [0.2, 0.25) is 0 Å². The predicted octanol–water partition coefficient (Wildman–Crippen LogP) is 4.72. The number of alkyl halides is 2. The SMILES string of the molecule is CC(F)(F)C(=N)/C=C\C=C\C1Cc2cn(C3CCCCC3)nc2C=C1CO. The summed E-state index contributed by atoms with van der Waals surface area (Å²) in [6.45, 7) is 0.653. The molecule has 1 atom stereocenters. The van der Waals surface area contributed by atoms with Gasteiger partial charge in [-0.3, -0.25) is 10.1 Å². The Morgan fingerprint density at radius 2 is 2.07 bits per heavy atom. The molecule has 146 valence electrons. The fourth-order valence-electron chi connectivity index (χ4n) is 3.76. The smallest absolute Gasteiger partial charge is 0.286 e. The Labute approximate surface area is 158 Å². The Morgan fingerprint density at radius 3 is 2.74 bits per heavy atom. The number of rotatable bonds is 6. The molecule has 0 bridgehead atoms. The van der Waals surface area contributed by atoms with Crippen LogP contribution in [0.1, 0.15) is 56.3 Å². The van der Waals surface area contributed by atoms with Gasteiger partial charge in [0.15, 0.2) is 0 Å². The van der Waals surface area contributed by atoms with E-state index in [2.05, 4.69) is 10.9 Å². The maximum atomic E-state index is 13.0. The maximum Gasteiger partial charge on any atom is 0.286 e. The number of aromatic nitrogens is 2. The first-order valence-electron chi connectivity index (χ1n) is 9.59. The van der Waals surface area contributed by atoms with Crippen molar-refractivity contribution in [2.45, 2.75) is 57.4 Å². The highest BCUT2D eigenvalue weighted by molar-refractivity contribution is 5.97. The lowest BCUT2D eigenvalue weighted by Crippen LogP contribution is -2.20. The molecule has 1 saturated carbocycles. The number of halogens is 2. The van der Waals surface area contributed by atoms with E-state index in [0.29, 0.717) is 13.0 Å². The van der Waals surface area contributed by atoms with E-state index in [1.807, 2.05) is 12.2 Å². The van der Waals surface area contributed by atoms with Gasteiger partial charge in [-0.05, 0) is 42.6 Å². The van der Waals surface area contributed by atoms with Crippen molar-refractivity contribution in [3.63, 3.8) is 0 Å². The van der Waals surface area contributed by atoms with Gasteiger partial charge in [-0.15, -0.1) is 0 Å². The summed E-state index contributed by atoms with van der Waals surface area (Å²) in [5.74, 6) is -3.12. The average Bonchev–Trinajstić information content (AvgIpc) is 3.07. The molecule has 6 heteroatoms. The van der Waals surface area contributed by atoms with Crippen LogP contribution in [0.2, 0.25) is 0 Å². The van der Waals surface area contributed by atoms with Crippen molar-refractivity contribution >= 4 is 11.8 Å². The van der Waals surface area contributed by atoms with Crippen molar-refractivity contribution < 1.29 is 13.9 Å². The van der Waals surface area contributed by atoms with Crippen molar-refractivity contribution in [2.24, 2.45) is 5.92 Å². The molecule has 3 rings (SSSR count). The Balaban J connectivity index is 1.71. The third-order valence-corrected chi connectivity index (χ3v) is 5.40. The molecule has 1 aromatic rings. The van der Waals surface area contributed by atoms with Crippen LogP contribution in [-0.2, 0) is 6.42 Å². The van der Waals surface area contributed by atoms with Crippen molar-refractivity contribution in [2.75, 3.05) is 6.61 Å². The normalized spacial score (nSPS) is 21.6. The van der Waals surface area contributed by atoms with E-state index in [4.69, 9.17) is 10.5 Å². The molecule has 27 heavy (non-hydrogen) atoms. The van der Waals surface area contributed by atoms with Gasteiger partial charge in [-0.2, -0.15) is 13.9 Å². The predicted molar refractivity (Wildman–Crippen MR) is 103 cm³/mol. The average molecular weight is 375 g/mol. The van der Waals surface area contributed by atoms with Crippen molar-refractivity contribution in [3.05, 3.63) is 47.3 Å². The maximum absolute atomic E-state index is 13.0. The number of hydrogen-bond acceptors (Lipinski definition) is 3. The topological polar surface area (TPSA) is 61.9 Å². The van der Waals surface area contributed by atoms with E-state index < -0.39 is 11.6 Å². The molecule has 1 heterocycles. The molecule has 0 spiro atoms. The Kier molecular flexibility index (Phi) is 6.05. The second-order valence-corrected chi connectivity index (χ2v) is 7.55. The molecule has 0 amide bonds. The minimum Gasteiger partial charge on any atom is -0.392 e. The van der Waals surface area contributed by atoms with Crippen LogP contribution in [-0.4, -0.2) is 33.1 Å². The molecule has 1 aromatic heterocycles. The van der Waals surface area contributed by atoms with E-state index in [0.717, 1.165) is 29.3 Å². The second-order valence-electron chi connectivity index (χ2n) is 7.55. The number of hydrogen-bond donors (Lipinski definition) is 2. The lowest BCUT2D eigenvalue weighted by atomic mass is 9.86. The summed E-state index contributed by atoms with van der Waals surface area (Å²) >= 11 is 0. The minimum atomic E-state index is -3.13. The number of aliphatic hydroxyl groups is 1. The number of nitrogens with zero attached hydrogens (tertiary/aromatic N) is 2. The Hall–Kier alpha value is -2.08. The highest BCUT2D eigenvalue weighted by atomic mass is 19.3. The molecular weight excluding hydrogens is 348 g/mol. The molecule has 1 fully saturated rings. The molecule has 1 unspecified atom stereocenters. The van der Waals surface area contributed by atoms with Gasteiger partial charge in [0.05, 0.1) is 18.3 Å². The van der Waals surface area contributed by atoms with Crippen LogP contribution in [0.3, 0.4) is 0 Å². The van der Waals surface area contributed by atoms with E-state index in [9.17, 15) is 13.9 Å². The minimum absolute atomic E-state index is 0.00692. The highest BCUT2D eigenvalue weighted by Crippen LogP contribution is 2.32. The lowest BCUT2D eigenvalue weighted by molar-refractivity contribution is 0.101. The number of nitrogens with one attached hydrogen (secondary N) is 1. The van der Waals surface area contributed by atoms with Gasteiger partial charge in [0, 0.05) is 19.0 Å². The first-order chi connectivity index (χ1) is 12.9. The Bertz CT molecular complexity index is 765. The fraction of sp³-hybridized carbons (Fsp3) is 0.524.